The summed E-state index contributed by atoms with van der Waals surface area (Å²) in [6.45, 7) is 2.73. The van der Waals surface area contributed by atoms with Crippen molar-refractivity contribution in [3.05, 3.63) is 65.7 Å². The van der Waals surface area contributed by atoms with Crippen molar-refractivity contribution in [1.82, 2.24) is 10.2 Å². The number of amides is 2. The third kappa shape index (κ3) is 6.60. The van der Waals surface area contributed by atoms with Crippen LogP contribution in [0.2, 0.25) is 0 Å². The zero-order chi connectivity index (χ0) is 23.8. The molecular formula is C28H36N2O4. The summed E-state index contributed by atoms with van der Waals surface area (Å²) in [4.78, 5) is 27.3. The molecule has 0 radical (unpaired) electrons. The Morgan fingerprint density at radius 3 is 2.50 bits per heavy atom. The van der Waals surface area contributed by atoms with E-state index in [0.29, 0.717) is 31.9 Å². The highest BCUT2D eigenvalue weighted by molar-refractivity contribution is 5.77. The molecule has 1 atom stereocenters. The topological polar surface area (TPSA) is 67.9 Å². The number of hydrogen-bond acceptors (Lipinski definition) is 4. The number of rotatable bonds is 8. The van der Waals surface area contributed by atoms with Crippen LogP contribution < -0.4 is 10.1 Å². The number of hydrogen-bond donors (Lipinski definition) is 1. The molecule has 2 heterocycles. The fraction of sp³-hybridized carbons (Fsp3) is 0.500. The van der Waals surface area contributed by atoms with E-state index >= 15 is 0 Å². The molecule has 2 amide bonds. The first kappa shape index (κ1) is 24.3. The number of benzene rings is 2. The minimum atomic E-state index is -0.185. The predicted molar refractivity (Wildman–Crippen MR) is 131 cm³/mol. The zero-order valence-electron chi connectivity index (χ0n) is 20.1. The summed E-state index contributed by atoms with van der Waals surface area (Å²) in [5, 5.41) is 3.05. The van der Waals surface area contributed by atoms with Gasteiger partial charge in [0.2, 0.25) is 11.8 Å². The quantitative estimate of drug-likeness (QED) is 0.638. The van der Waals surface area contributed by atoms with Crippen molar-refractivity contribution in [1.29, 1.82) is 0 Å². The molecule has 6 heteroatoms. The summed E-state index contributed by atoms with van der Waals surface area (Å²) in [6.07, 6.45) is 5.32. The molecule has 4 rings (SSSR count). The van der Waals surface area contributed by atoms with Gasteiger partial charge in [-0.3, -0.25) is 9.59 Å². The molecule has 2 aromatic rings. The lowest BCUT2D eigenvalue weighted by Crippen LogP contribution is -2.51. The van der Waals surface area contributed by atoms with Gasteiger partial charge in [-0.1, -0.05) is 42.5 Å². The van der Waals surface area contributed by atoms with Crippen LogP contribution in [0.5, 0.6) is 5.75 Å². The Hall–Kier alpha value is -2.86. The lowest BCUT2D eigenvalue weighted by atomic mass is 9.78. The van der Waals surface area contributed by atoms with E-state index in [4.69, 9.17) is 9.47 Å². The average Bonchev–Trinajstić information content (AvgIpc) is 2.87. The van der Waals surface area contributed by atoms with Gasteiger partial charge in [-0.05, 0) is 61.3 Å². The molecule has 1 unspecified atom stereocenters. The van der Waals surface area contributed by atoms with Gasteiger partial charge < -0.3 is 19.7 Å². The first-order valence-corrected chi connectivity index (χ1v) is 12.4. The van der Waals surface area contributed by atoms with Crippen LogP contribution in [0.4, 0.5) is 0 Å². The highest BCUT2D eigenvalue weighted by atomic mass is 16.5. The van der Waals surface area contributed by atoms with Crippen molar-refractivity contribution in [2.75, 3.05) is 26.8 Å². The monoisotopic (exact) mass is 464 g/mol. The number of nitrogens with one attached hydrogen (secondary N) is 1. The van der Waals surface area contributed by atoms with Gasteiger partial charge in [0.15, 0.2) is 0 Å². The molecule has 1 spiro atoms. The number of methoxy groups -OCH3 is 1. The second-order valence-corrected chi connectivity index (χ2v) is 9.59. The first-order chi connectivity index (χ1) is 16.5. The van der Waals surface area contributed by atoms with Crippen molar-refractivity contribution in [2.24, 2.45) is 5.92 Å². The third-order valence-electron chi connectivity index (χ3n) is 7.22. The molecule has 0 aliphatic carbocycles. The molecule has 0 bridgehead atoms. The Morgan fingerprint density at radius 1 is 1.06 bits per heavy atom. The van der Waals surface area contributed by atoms with Crippen LogP contribution in [0, 0.1) is 5.92 Å². The number of ether oxygens (including phenoxy) is 2. The zero-order valence-corrected chi connectivity index (χ0v) is 20.1. The third-order valence-corrected chi connectivity index (χ3v) is 7.22. The maximum absolute atomic E-state index is 12.8. The summed E-state index contributed by atoms with van der Waals surface area (Å²) in [7, 11) is 1.65. The fourth-order valence-corrected chi connectivity index (χ4v) is 5.15. The molecule has 6 nitrogen and oxygen atoms in total. The van der Waals surface area contributed by atoms with Gasteiger partial charge in [0, 0.05) is 39.1 Å². The molecule has 1 N–H and O–H groups in total. The number of aryl methyl sites for hydroxylation is 1. The van der Waals surface area contributed by atoms with E-state index in [1.807, 2.05) is 59.5 Å². The molecule has 2 aromatic carbocycles. The predicted octanol–water partition coefficient (Wildman–Crippen LogP) is 4.12. The fourth-order valence-electron chi connectivity index (χ4n) is 5.15. The molecular weight excluding hydrogens is 428 g/mol. The van der Waals surface area contributed by atoms with Gasteiger partial charge in [0.05, 0.1) is 12.7 Å². The van der Waals surface area contributed by atoms with Crippen LogP contribution >= 0.6 is 0 Å². The van der Waals surface area contributed by atoms with Gasteiger partial charge in [-0.15, -0.1) is 0 Å². The highest BCUT2D eigenvalue weighted by Crippen LogP contribution is 2.39. The van der Waals surface area contributed by atoms with Crippen LogP contribution in [0.25, 0.3) is 0 Å². The highest BCUT2D eigenvalue weighted by Gasteiger charge is 2.41. The van der Waals surface area contributed by atoms with Gasteiger partial charge >= 0.3 is 0 Å². The number of piperidine rings is 1. The smallest absolute Gasteiger partial charge is 0.222 e. The number of likely N-dealkylation sites (tertiary alicyclic amines) is 1. The van der Waals surface area contributed by atoms with Gasteiger partial charge in [-0.2, -0.15) is 0 Å². The summed E-state index contributed by atoms with van der Waals surface area (Å²) in [5.74, 6) is 1.48. The van der Waals surface area contributed by atoms with Gasteiger partial charge in [-0.25, -0.2) is 0 Å². The maximum Gasteiger partial charge on any atom is 0.222 e. The SMILES string of the molecule is COc1ccc(CCC(=O)N2CCC3(CC2)CC(CC(=O)NCc2ccccc2)CCO3)cc1. The van der Waals surface area contributed by atoms with E-state index in [0.717, 1.165) is 62.1 Å². The van der Waals surface area contributed by atoms with Gasteiger partial charge in [0.25, 0.3) is 0 Å². The maximum atomic E-state index is 12.8. The minimum absolute atomic E-state index is 0.108. The van der Waals surface area contributed by atoms with Crippen molar-refractivity contribution in [2.45, 2.75) is 57.1 Å². The summed E-state index contributed by atoms with van der Waals surface area (Å²) in [6, 6.07) is 17.9. The number of carbonyl (C=O) groups is 2. The number of carbonyl (C=O) groups excluding carboxylic acids is 2. The lowest BCUT2D eigenvalue weighted by Gasteiger charge is -2.46. The van der Waals surface area contributed by atoms with Gasteiger partial charge in [0.1, 0.15) is 5.75 Å². The van der Waals surface area contributed by atoms with E-state index in [2.05, 4.69) is 5.32 Å². The van der Waals surface area contributed by atoms with Crippen LogP contribution in [0.1, 0.15) is 49.7 Å². The van der Waals surface area contributed by atoms with Crippen molar-refractivity contribution >= 4 is 11.8 Å². The van der Waals surface area contributed by atoms with E-state index in [-0.39, 0.29) is 17.4 Å². The largest absolute Gasteiger partial charge is 0.497 e. The number of nitrogens with zero attached hydrogens (tertiary/aromatic N) is 1. The van der Waals surface area contributed by atoms with Crippen LogP contribution in [0.3, 0.4) is 0 Å². The minimum Gasteiger partial charge on any atom is -0.497 e. The normalized spacial score (nSPS) is 19.6. The molecule has 2 saturated heterocycles. The molecule has 0 aromatic heterocycles. The first-order valence-electron chi connectivity index (χ1n) is 12.4. The summed E-state index contributed by atoms with van der Waals surface area (Å²) < 4.78 is 11.4. The molecule has 34 heavy (non-hydrogen) atoms. The second kappa shape index (κ2) is 11.5. The van der Waals surface area contributed by atoms with E-state index < -0.39 is 0 Å². The molecule has 182 valence electrons. The van der Waals surface area contributed by atoms with Crippen LogP contribution in [-0.2, 0) is 27.3 Å². The molecule has 0 saturated carbocycles. The van der Waals surface area contributed by atoms with Crippen LogP contribution in [-0.4, -0.2) is 49.1 Å². The van der Waals surface area contributed by atoms with Crippen molar-refractivity contribution in [3.63, 3.8) is 0 Å². The Bertz CT molecular complexity index is 937. The Balaban J connectivity index is 1.20. The summed E-state index contributed by atoms with van der Waals surface area (Å²) in [5.41, 5.74) is 2.07. The second-order valence-electron chi connectivity index (χ2n) is 9.59. The lowest BCUT2D eigenvalue weighted by molar-refractivity contribution is -0.148. The Labute approximate surface area is 202 Å². The summed E-state index contributed by atoms with van der Waals surface area (Å²) >= 11 is 0. The van der Waals surface area contributed by atoms with E-state index in [1.165, 1.54) is 0 Å². The van der Waals surface area contributed by atoms with Crippen molar-refractivity contribution < 1.29 is 19.1 Å². The Morgan fingerprint density at radius 2 is 1.79 bits per heavy atom. The molecule has 2 fully saturated rings. The molecule has 2 aliphatic rings. The van der Waals surface area contributed by atoms with Crippen molar-refractivity contribution in [3.8, 4) is 5.75 Å². The van der Waals surface area contributed by atoms with Crippen LogP contribution in [0.15, 0.2) is 54.6 Å². The van der Waals surface area contributed by atoms with E-state index in [9.17, 15) is 9.59 Å². The standard InChI is InChI=1S/C28H36N2O4/c1-33-25-10-7-22(8-11-25)9-12-27(32)30-16-14-28(15-17-30)20-24(13-18-34-28)19-26(31)29-21-23-5-3-2-4-6-23/h2-8,10-11,24H,9,12-21H2,1H3,(H,29,31). The average molecular weight is 465 g/mol. The Kier molecular flexibility index (Phi) is 8.22. The molecule has 2 aliphatic heterocycles. The van der Waals surface area contributed by atoms with E-state index in [1.54, 1.807) is 7.11 Å².